The minimum atomic E-state index is -0.827. The van der Waals surface area contributed by atoms with Gasteiger partial charge in [0.1, 0.15) is 6.33 Å². The fraction of sp³-hybridized carbons (Fsp3) is 0.167. The number of halogens is 2. The maximum atomic E-state index is 13.3. The molecule has 1 aromatic heterocycles. The molecule has 0 bridgehead atoms. The average molecular weight is 235 g/mol. The van der Waals surface area contributed by atoms with E-state index < -0.39 is 11.6 Å². The van der Waals surface area contributed by atoms with Crippen molar-refractivity contribution in [1.82, 2.24) is 15.3 Å². The van der Waals surface area contributed by atoms with Crippen molar-refractivity contribution in [2.45, 2.75) is 13.1 Å². The van der Waals surface area contributed by atoms with Crippen LogP contribution in [0.3, 0.4) is 0 Å². The van der Waals surface area contributed by atoms with Gasteiger partial charge in [-0.1, -0.05) is 12.1 Å². The molecule has 1 heterocycles. The smallest absolute Gasteiger partial charge is 0.163 e. The quantitative estimate of drug-likeness (QED) is 0.881. The molecular formula is C12H11F2N3. The number of aromatic nitrogens is 2. The zero-order valence-electron chi connectivity index (χ0n) is 9.03. The second-order valence-corrected chi connectivity index (χ2v) is 3.52. The highest BCUT2D eigenvalue weighted by molar-refractivity contribution is 5.18. The van der Waals surface area contributed by atoms with E-state index >= 15 is 0 Å². The van der Waals surface area contributed by atoms with Crippen molar-refractivity contribution < 1.29 is 8.78 Å². The van der Waals surface area contributed by atoms with Gasteiger partial charge < -0.3 is 5.32 Å². The number of nitrogens with zero attached hydrogens (tertiary/aromatic N) is 2. The molecule has 0 radical (unpaired) electrons. The SMILES string of the molecule is Fc1cccc(CNCc2ccncn2)c1F. The Labute approximate surface area is 97.5 Å². The molecular weight excluding hydrogens is 224 g/mol. The largest absolute Gasteiger partial charge is 0.307 e. The topological polar surface area (TPSA) is 37.8 Å². The maximum absolute atomic E-state index is 13.3. The average Bonchev–Trinajstić information content (AvgIpc) is 2.36. The van der Waals surface area contributed by atoms with E-state index in [1.807, 2.05) is 0 Å². The van der Waals surface area contributed by atoms with Crippen molar-refractivity contribution >= 4 is 0 Å². The van der Waals surface area contributed by atoms with Crippen LogP contribution < -0.4 is 5.32 Å². The van der Waals surface area contributed by atoms with E-state index in [0.717, 1.165) is 11.8 Å². The Balaban J connectivity index is 1.93. The van der Waals surface area contributed by atoms with E-state index in [4.69, 9.17) is 0 Å². The van der Waals surface area contributed by atoms with Crippen LogP contribution in [0.4, 0.5) is 8.78 Å². The Hall–Kier alpha value is -1.88. The summed E-state index contributed by atoms with van der Waals surface area (Å²) in [5, 5.41) is 2.99. The number of nitrogens with one attached hydrogen (secondary N) is 1. The fourth-order valence-electron chi connectivity index (χ4n) is 1.43. The molecule has 0 aliphatic carbocycles. The lowest BCUT2D eigenvalue weighted by Gasteiger charge is -2.05. The minimum Gasteiger partial charge on any atom is -0.307 e. The Morgan fingerprint density at radius 3 is 2.76 bits per heavy atom. The molecule has 0 fully saturated rings. The van der Waals surface area contributed by atoms with Crippen LogP contribution in [0.15, 0.2) is 36.8 Å². The zero-order chi connectivity index (χ0) is 12.1. The summed E-state index contributed by atoms with van der Waals surface area (Å²) in [5.41, 5.74) is 1.11. The van der Waals surface area contributed by atoms with Gasteiger partial charge >= 0.3 is 0 Å². The first-order valence-electron chi connectivity index (χ1n) is 5.16. The number of rotatable bonds is 4. The highest BCUT2D eigenvalue weighted by atomic mass is 19.2. The molecule has 0 unspecified atom stereocenters. The van der Waals surface area contributed by atoms with E-state index in [1.165, 1.54) is 12.4 Å². The summed E-state index contributed by atoms with van der Waals surface area (Å²) in [4.78, 5) is 7.80. The van der Waals surface area contributed by atoms with Crippen molar-refractivity contribution in [3.63, 3.8) is 0 Å². The van der Waals surface area contributed by atoms with Gasteiger partial charge in [0.05, 0.1) is 5.69 Å². The highest BCUT2D eigenvalue weighted by Gasteiger charge is 2.06. The van der Waals surface area contributed by atoms with Crippen LogP contribution >= 0.6 is 0 Å². The molecule has 0 amide bonds. The summed E-state index contributed by atoms with van der Waals surface area (Å²) < 4.78 is 26.2. The summed E-state index contributed by atoms with van der Waals surface area (Å²) in [6, 6.07) is 5.89. The van der Waals surface area contributed by atoms with Gasteiger partial charge in [-0.2, -0.15) is 0 Å². The van der Waals surface area contributed by atoms with Gasteiger partial charge in [0.25, 0.3) is 0 Å². The Bertz CT molecular complexity index is 488. The van der Waals surface area contributed by atoms with E-state index in [2.05, 4.69) is 15.3 Å². The highest BCUT2D eigenvalue weighted by Crippen LogP contribution is 2.10. The molecule has 1 aromatic carbocycles. The van der Waals surface area contributed by atoms with E-state index in [9.17, 15) is 8.78 Å². The molecule has 0 saturated heterocycles. The van der Waals surface area contributed by atoms with Crippen molar-refractivity contribution in [2.24, 2.45) is 0 Å². The van der Waals surface area contributed by atoms with E-state index in [0.29, 0.717) is 12.1 Å². The van der Waals surface area contributed by atoms with Crippen LogP contribution in [0.1, 0.15) is 11.3 Å². The molecule has 2 rings (SSSR count). The van der Waals surface area contributed by atoms with Crippen molar-refractivity contribution in [2.75, 3.05) is 0 Å². The molecule has 0 aliphatic heterocycles. The first kappa shape index (κ1) is 11.6. The third-order valence-corrected chi connectivity index (χ3v) is 2.30. The Morgan fingerprint density at radius 1 is 1.12 bits per heavy atom. The van der Waals surface area contributed by atoms with Crippen LogP contribution in [0.25, 0.3) is 0 Å². The van der Waals surface area contributed by atoms with Crippen LogP contribution in [0.5, 0.6) is 0 Å². The molecule has 0 spiro atoms. The van der Waals surface area contributed by atoms with Gasteiger partial charge in [-0.25, -0.2) is 18.7 Å². The van der Waals surface area contributed by atoms with Crippen LogP contribution in [0, 0.1) is 11.6 Å². The number of benzene rings is 1. The van der Waals surface area contributed by atoms with Gasteiger partial charge in [0, 0.05) is 24.8 Å². The molecule has 1 N–H and O–H groups in total. The third kappa shape index (κ3) is 3.04. The standard InChI is InChI=1S/C12H11F2N3/c13-11-3-1-2-9(12(11)14)6-16-7-10-4-5-15-8-17-10/h1-5,8,16H,6-7H2. The third-order valence-electron chi connectivity index (χ3n) is 2.30. The minimum absolute atomic E-state index is 0.258. The molecule has 17 heavy (non-hydrogen) atoms. The summed E-state index contributed by atoms with van der Waals surface area (Å²) in [6.45, 7) is 0.742. The fourth-order valence-corrected chi connectivity index (χ4v) is 1.43. The number of hydrogen-bond donors (Lipinski definition) is 1. The van der Waals surface area contributed by atoms with Crippen LogP contribution in [-0.2, 0) is 13.1 Å². The van der Waals surface area contributed by atoms with Gasteiger partial charge in [0.15, 0.2) is 11.6 Å². The summed E-state index contributed by atoms with van der Waals surface area (Å²) >= 11 is 0. The number of hydrogen-bond acceptors (Lipinski definition) is 3. The molecule has 2 aromatic rings. The lowest BCUT2D eigenvalue weighted by atomic mass is 10.2. The Kier molecular flexibility index (Phi) is 3.72. The molecule has 3 nitrogen and oxygen atoms in total. The van der Waals surface area contributed by atoms with Crippen molar-refractivity contribution in [1.29, 1.82) is 0 Å². The summed E-state index contributed by atoms with van der Waals surface area (Å²) in [6.07, 6.45) is 3.08. The molecule has 88 valence electrons. The van der Waals surface area contributed by atoms with Crippen LogP contribution in [-0.4, -0.2) is 9.97 Å². The second kappa shape index (κ2) is 5.45. The van der Waals surface area contributed by atoms with Gasteiger partial charge in [-0.05, 0) is 12.1 Å². The van der Waals surface area contributed by atoms with Gasteiger partial charge in [-0.3, -0.25) is 0 Å². The molecule has 0 atom stereocenters. The second-order valence-electron chi connectivity index (χ2n) is 3.52. The van der Waals surface area contributed by atoms with Crippen molar-refractivity contribution in [3.8, 4) is 0 Å². The Morgan fingerprint density at radius 2 is 2.00 bits per heavy atom. The maximum Gasteiger partial charge on any atom is 0.163 e. The van der Waals surface area contributed by atoms with Crippen LogP contribution in [0.2, 0.25) is 0 Å². The summed E-state index contributed by atoms with van der Waals surface area (Å²) in [5.74, 6) is -1.63. The lowest BCUT2D eigenvalue weighted by Crippen LogP contribution is -2.15. The summed E-state index contributed by atoms with van der Waals surface area (Å²) in [7, 11) is 0. The first-order chi connectivity index (χ1) is 8.27. The van der Waals surface area contributed by atoms with E-state index in [1.54, 1.807) is 18.3 Å². The van der Waals surface area contributed by atoms with E-state index in [-0.39, 0.29) is 6.54 Å². The first-order valence-corrected chi connectivity index (χ1v) is 5.16. The normalized spacial score (nSPS) is 10.5. The molecule has 5 heteroatoms. The zero-order valence-corrected chi connectivity index (χ0v) is 9.03. The molecule has 0 aliphatic rings. The monoisotopic (exact) mass is 235 g/mol. The van der Waals surface area contributed by atoms with Gasteiger partial charge in [0.2, 0.25) is 0 Å². The van der Waals surface area contributed by atoms with Crippen molar-refractivity contribution in [3.05, 3.63) is 59.7 Å². The van der Waals surface area contributed by atoms with Gasteiger partial charge in [-0.15, -0.1) is 0 Å². The molecule has 0 saturated carbocycles. The predicted molar refractivity (Wildman–Crippen MR) is 58.9 cm³/mol. The lowest BCUT2D eigenvalue weighted by molar-refractivity contribution is 0.492. The predicted octanol–water partition coefficient (Wildman–Crippen LogP) is 2.04.